The molecule has 1 aliphatic carbocycles. The Hall–Kier alpha value is -2.30. The summed E-state index contributed by atoms with van der Waals surface area (Å²) in [5, 5.41) is 0. The van der Waals surface area contributed by atoms with E-state index in [-0.39, 0.29) is 22.8 Å². The molecule has 2 aromatic rings. The quantitative estimate of drug-likeness (QED) is 0.374. The van der Waals surface area contributed by atoms with E-state index in [4.69, 9.17) is 4.74 Å². The highest BCUT2D eigenvalue weighted by atomic mass is 19.2. The normalized spacial score (nSPS) is 19.5. The number of allylic oxidation sites excluding steroid dienone is 1. The van der Waals surface area contributed by atoms with Crippen molar-refractivity contribution in [1.29, 1.82) is 0 Å². The monoisotopic (exact) mass is 392 g/mol. The minimum Gasteiger partial charge on any atom is -0.494 e. The topological polar surface area (TPSA) is 9.23 Å². The first kappa shape index (κ1) is 20.4. The predicted octanol–water partition coefficient (Wildman–Crippen LogP) is 7.16. The molecule has 0 spiro atoms. The average Bonchev–Trinajstić information content (AvgIpc) is 2.71. The van der Waals surface area contributed by atoms with Crippen LogP contribution in [0.15, 0.2) is 36.9 Å². The number of rotatable bonds is 6. The van der Waals surface area contributed by atoms with Crippen molar-refractivity contribution in [3.63, 3.8) is 0 Å². The van der Waals surface area contributed by atoms with Gasteiger partial charge in [-0.1, -0.05) is 18.2 Å². The number of halogens is 4. The Bertz CT molecular complexity index is 854. The lowest BCUT2D eigenvalue weighted by molar-refractivity contribution is 0.306. The number of hydrogen-bond donors (Lipinski definition) is 0. The summed E-state index contributed by atoms with van der Waals surface area (Å²) in [4.78, 5) is 0. The lowest BCUT2D eigenvalue weighted by Crippen LogP contribution is -2.15. The smallest absolute Gasteiger partial charge is 0.201 e. The van der Waals surface area contributed by atoms with E-state index in [2.05, 4.69) is 6.58 Å². The van der Waals surface area contributed by atoms with Crippen molar-refractivity contribution in [1.82, 2.24) is 0 Å². The Kier molecular flexibility index (Phi) is 6.42. The molecule has 150 valence electrons. The van der Waals surface area contributed by atoms with Crippen molar-refractivity contribution in [2.24, 2.45) is 5.92 Å². The van der Waals surface area contributed by atoms with Crippen molar-refractivity contribution in [3.05, 3.63) is 65.8 Å². The first-order valence-electron chi connectivity index (χ1n) is 9.59. The van der Waals surface area contributed by atoms with Gasteiger partial charge >= 0.3 is 0 Å². The van der Waals surface area contributed by atoms with E-state index in [0.29, 0.717) is 11.5 Å². The van der Waals surface area contributed by atoms with E-state index in [1.54, 1.807) is 0 Å². The third-order valence-corrected chi connectivity index (χ3v) is 5.73. The van der Waals surface area contributed by atoms with E-state index in [0.717, 1.165) is 38.5 Å². The number of methoxy groups -OCH3 is 1. The molecule has 0 N–H and O–H groups in total. The summed E-state index contributed by atoms with van der Waals surface area (Å²) in [6, 6.07) is 5.23. The van der Waals surface area contributed by atoms with Crippen molar-refractivity contribution in [3.8, 4) is 16.9 Å². The van der Waals surface area contributed by atoms with Gasteiger partial charge in [0.15, 0.2) is 23.2 Å². The molecule has 0 heterocycles. The van der Waals surface area contributed by atoms with E-state index in [9.17, 15) is 17.6 Å². The third kappa shape index (κ3) is 3.94. The van der Waals surface area contributed by atoms with Crippen LogP contribution in [0, 0.1) is 29.2 Å². The van der Waals surface area contributed by atoms with E-state index in [1.165, 1.54) is 31.4 Å². The van der Waals surface area contributed by atoms with Gasteiger partial charge in [-0.25, -0.2) is 13.2 Å². The number of hydrogen-bond acceptors (Lipinski definition) is 1. The molecular weight excluding hydrogens is 368 g/mol. The Labute approximate surface area is 163 Å². The maximum atomic E-state index is 14.8. The standard InChI is InChI=1S/C23H24F4O/c1-3-4-5-14-6-8-15(9-7-14)16-10-11-17(21(25)20(16)24)18-12-13-19(28-2)23(27)22(18)26/h3,10-15H,1,4-9H2,2H3. The highest BCUT2D eigenvalue weighted by Gasteiger charge is 2.27. The van der Waals surface area contributed by atoms with Gasteiger partial charge in [0.1, 0.15) is 0 Å². The molecule has 3 rings (SSSR count). The molecule has 0 saturated heterocycles. The van der Waals surface area contributed by atoms with Crippen molar-refractivity contribution < 1.29 is 22.3 Å². The Morgan fingerprint density at radius 1 is 0.893 bits per heavy atom. The van der Waals surface area contributed by atoms with E-state index >= 15 is 0 Å². The summed E-state index contributed by atoms with van der Waals surface area (Å²) in [6.45, 7) is 3.73. The Morgan fingerprint density at radius 3 is 2.11 bits per heavy atom. The van der Waals surface area contributed by atoms with Crippen LogP contribution in [0.5, 0.6) is 5.75 Å². The molecular formula is C23H24F4O. The predicted molar refractivity (Wildman–Crippen MR) is 102 cm³/mol. The molecule has 2 aromatic carbocycles. The summed E-state index contributed by atoms with van der Waals surface area (Å²) >= 11 is 0. The lowest BCUT2D eigenvalue weighted by atomic mass is 9.77. The minimum absolute atomic E-state index is 0.0546. The molecule has 5 heteroatoms. The van der Waals surface area contributed by atoms with Gasteiger partial charge in [-0.05, 0) is 68.1 Å². The molecule has 1 fully saturated rings. The van der Waals surface area contributed by atoms with Gasteiger partial charge in [0.25, 0.3) is 0 Å². The zero-order chi connectivity index (χ0) is 20.3. The van der Waals surface area contributed by atoms with Gasteiger partial charge in [-0.2, -0.15) is 4.39 Å². The summed E-state index contributed by atoms with van der Waals surface area (Å²) in [7, 11) is 1.21. The summed E-state index contributed by atoms with van der Waals surface area (Å²) in [5.41, 5.74) is -0.299. The molecule has 0 radical (unpaired) electrons. The third-order valence-electron chi connectivity index (χ3n) is 5.73. The fraction of sp³-hybridized carbons (Fsp3) is 0.391. The second kappa shape index (κ2) is 8.80. The van der Waals surface area contributed by atoms with E-state index < -0.39 is 23.3 Å². The van der Waals surface area contributed by atoms with Crippen molar-refractivity contribution >= 4 is 0 Å². The van der Waals surface area contributed by atoms with Crippen LogP contribution in [0.4, 0.5) is 17.6 Å². The number of ether oxygens (including phenoxy) is 1. The van der Waals surface area contributed by atoms with Gasteiger partial charge in [0.05, 0.1) is 7.11 Å². The summed E-state index contributed by atoms with van der Waals surface area (Å²) < 4.78 is 62.5. The molecule has 0 aromatic heterocycles. The second-order valence-electron chi connectivity index (χ2n) is 7.36. The molecule has 0 amide bonds. The molecule has 0 atom stereocenters. The molecule has 1 saturated carbocycles. The van der Waals surface area contributed by atoms with Crippen molar-refractivity contribution in [2.45, 2.75) is 44.4 Å². The zero-order valence-electron chi connectivity index (χ0n) is 15.9. The van der Waals surface area contributed by atoms with Crippen LogP contribution in [-0.4, -0.2) is 7.11 Å². The second-order valence-corrected chi connectivity index (χ2v) is 7.36. The highest BCUT2D eigenvalue weighted by molar-refractivity contribution is 5.66. The van der Waals surface area contributed by atoms with Crippen LogP contribution in [-0.2, 0) is 0 Å². The maximum absolute atomic E-state index is 14.8. The lowest BCUT2D eigenvalue weighted by Gasteiger charge is -2.29. The first-order chi connectivity index (χ1) is 13.5. The van der Waals surface area contributed by atoms with Gasteiger partial charge in [-0.3, -0.25) is 0 Å². The van der Waals surface area contributed by atoms with E-state index in [1.807, 2.05) is 6.08 Å². The van der Waals surface area contributed by atoms with Crippen LogP contribution in [0.1, 0.15) is 50.0 Å². The molecule has 0 aliphatic heterocycles. The Morgan fingerprint density at radius 2 is 1.50 bits per heavy atom. The van der Waals surface area contributed by atoms with Gasteiger partial charge < -0.3 is 4.74 Å². The van der Waals surface area contributed by atoms with Crippen molar-refractivity contribution in [2.75, 3.05) is 7.11 Å². The largest absolute Gasteiger partial charge is 0.494 e. The van der Waals surface area contributed by atoms with Crippen LogP contribution in [0.3, 0.4) is 0 Å². The average molecular weight is 392 g/mol. The van der Waals surface area contributed by atoms with Crippen LogP contribution < -0.4 is 4.74 Å². The Balaban J connectivity index is 1.85. The highest BCUT2D eigenvalue weighted by Crippen LogP contribution is 2.40. The van der Waals surface area contributed by atoms with Gasteiger partial charge in [-0.15, -0.1) is 6.58 Å². The first-order valence-corrected chi connectivity index (χ1v) is 9.59. The van der Waals surface area contributed by atoms with Gasteiger partial charge in [0, 0.05) is 11.1 Å². The van der Waals surface area contributed by atoms with Crippen LogP contribution in [0.2, 0.25) is 0 Å². The minimum atomic E-state index is -1.26. The van der Waals surface area contributed by atoms with Gasteiger partial charge in [0.2, 0.25) is 5.82 Å². The molecule has 28 heavy (non-hydrogen) atoms. The fourth-order valence-corrected chi connectivity index (χ4v) is 4.10. The summed E-state index contributed by atoms with van der Waals surface area (Å²) in [5.74, 6) is -4.34. The fourth-order valence-electron chi connectivity index (χ4n) is 4.10. The molecule has 1 aliphatic rings. The SMILES string of the molecule is C=CCCC1CCC(c2ccc(-c3ccc(OC)c(F)c3F)c(F)c2F)CC1. The van der Waals surface area contributed by atoms with Crippen LogP contribution >= 0.6 is 0 Å². The zero-order valence-corrected chi connectivity index (χ0v) is 15.9. The molecule has 0 unspecified atom stereocenters. The molecule has 0 bridgehead atoms. The number of benzene rings is 2. The molecule has 1 nitrogen and oxygen atoms in total. The maximum Gasteiger partial charge on any atom is 0.201 e. The van der Waals surface area contributed by atoms with Crippen LogP contribution in [0.25, 0.3) is 11.1 Å². The summed E-state index contributed by atoms with van der Waals surface area (Å²) in [6.07, 6.45) is 7.48.